The van der Waals surface area contributed by atoms with Crippen molar-refractivity contribution in [3.63, 3.8) is 0 Å². The molecule has 10 heteroatoms. The molecule has 0 radical (unpaired) electrons. The summed E-state index contributed by atoms with van der Waals surface area (Å²) < 4.78 is 26.5. The van der Waals surface area contributed by atoms with Crippen LogP contribution in [-0.2, 0) is 5.60 Å². The molecular weight excluding hydrogens is 374 g/mol. The number of rotatable bonds is 7. The normalized spacial score (nSPS) is 14.6. The third-order valence-electron chi connectivity index (χ3n) is 4.28. The van der Waals surface area contributed by atoms with Crippen LogP contribution in [0, 0.1) is 6.92 Å². The van der Waals surface area contributed by atoms with Crippen LogP contribution in [0.5, 0.6) is 0 Å². The van der Waals surface area contributed by atoms with Gasteiger partial charge in [0.05, 0.1) is 25.1 Å². The van der Waals surface area contributed by atoms with Gasteiger partial charge in [-0.2, -0.15) is 0 Å². The lowest BCUT2D eigenvalue weighted by molar-refractivity contribution is -0.129. The topological polar surface area (TPSA) is 142 Å². The van der Waals surface area contributed by atoms with Crippen LogP contribution < -0.4 is 11.1 Å². The number of hydrogen-bond donors (Lipinski definition) is 5. The number of carbonyl (C=O) groups excluding carboxylic acids is 1. The zero-order valence-electron chi connectivity index (χ0n) is 15.4. The Kier molecular flexibility index (Phi) is 6.60. The number of amides is 1. The first kappa shape index (κ1) is 21.6. The molecule has 0 aliphatic rings. The molecule has 1 aromatic carbocycles. The number of nitrogens with two attached hydrogens (primary N) is 1. The number of nitrogens with zero attached hydrogens (tertiary/aromatic N) is 2. The van der Waals surface area contributed by atoms with Crippen molar-refractivity contribution in [3.05, 3.63) is 41.2 Å². The van der Waals surface area contributed by atoms with Gasteiger partial charge >= 0.3 is 0 Å². The monoisotopic (exact) mass is 396 g/mol. The Morgan fingerprint density at radius 2 is 2.04 bits per heavy atom. The van der Waals surface area contributed by atoms with E-state index in [1.165, 1.54) is 24.4 Å². The van der Waals surface area contributed by atoms with Crippen molar-refractivity contribution in [2.75, 3.05) is 18.9 Å². The molecule has 28 heavy (non-hydrogen) atoms. The maximum atomic E-state index is 13.3. The van der Waals surface area contributed by atoms with Crippen LogP contribution in [0.2, 0.25) is 0 Å². The number of anilines is 1. The number of aryl methyl sites for hydroxylation is 1. The van der Waals surface area contributed by atoms with Crippen molar-refractivity contribution in [2.45, 2.75) is 31.9 Å². The summed E-state index contributed by atoms with van der Waals surface area (Å²) in [6, 6.07) is 3.49. The fraction of sp³-hybridized carbons (Fsp3) is 0.389. The Morgan fingerprint density at radius 1 is 1.36 bits per heavy atom. The predicted molar refractivity (Wildman–Crippen MR) is 97.6 cm³/mol. The second-order valence-corrected chi connectivity index (χ2v) is 6.46. The molecule has 0 fully saturated rings. The molecule has 8 nitrogen and oxygen atoms in total. The van der Waals surface area contributed by atoms with Gasteiger partial charge in [-0.3, -0.25) is 4.79 Å². The molecule has 1 heterocycles. The maximum absolute atomic E-state index is 13.3. The van der Waals surface area contributed by atoms with Gasteiger partial charge in [-0.1, -0.05) is 12.1 Å². The molecular formula is C18H22F2N4O4. The van der Waals surface area contributed by atoms with Gasteiger partial charge in [0.25, 0.3) is 12.3 Å². The van der Waals surface area contributed by atoms with Crippen LogP contribution in [0.25, 0.3) is 11.3 Å². The molecule has 0 saturated carbocycles. The number of carbonyl (C=O) groups is 1. The van der Waals surface area contributed by atoms with Gasteiger partial charge in [-0.25, -0.2) is 18.7 Å². The Bertz CT molecular complexity index is 865. The van der Waals surface area contributed by atoms with Gasteiger partial charge in [0.1, 0.15) is 0 Å². The molecule has 0 bridgehead atoms. The Labute approximate surface area is 160 Å². The summed E-state index contributed by atoms with van der Waals surface area (Å²) in [5, 5.41) is 30.9. The van der Waals surface area contributed by atoms with Gasteiger partial charge in [0, 0.05) is 11.6 Å². The molecule has 0 aliphatic carbocycles. The number of aliphatic hydroxyl groups excluding tert-OH is 2. The van der Waals surface area contributed by atoms with E-state index in [0.717, 1.165) is 0 Å². The lowest BCUT2D eigenvalue weighted by Crippen LogP contribution is -2.38. The van der Waals surface area contributed by atoms with E-state index in [2.05, 4.69) is 15.3 Å². The van der Waals surface area contributed by atoms with Crippen molar-refractivity contribution in [2.24, 2.45) is 0 Å². The van der Waals surface area contributed by atoms with Crippen LogP contribution >= 0.6 is 0 Å². The molecule has 0 saturated heterocycles. The molecule has 6 N–H and O–H groups in total. The SMILES string of the molecule is Cc1ccc([C@](O)(CO)C(F)F)cc1-c1cnc(N)c(C(=O)NC(C)CO)n1. The van der Waals surface area contributed by atoms with E-state index in [1.54, 1.807) is 13.8 Å². The Morgan fingerprint density at radius 3 is 2.61 bits per heavy atom. The first-order valence-corrected chi connectivity index (χ1v) is 8.41. The fourth-order valence-corrected chi connectivity index (χ4v) is 2.49. The summed E-state index contributed by atoms with van der Waals surface area (Å²) in [5.41, 5.74) is 3.71. The van der Waals surface area contributed by atoms with Crippen molar-refractivity contribution in [3.8, 4) is 11.3 Å². The zero-order valence-corrected chi connectivity index (χ0v) is 15.4. The van der Waals surface area contributed by atoms with Crippen molar-refractivity contribution >= 4 is 11.7 Å². The Balaban J connectivity index is 2.52. The highest BCUT2D eigenvalue weighted by Crippen LogP contribution is 2.32. The molecule has 2 aromatic rings. The van der Waals surface area contributed by atoms with E-state index in [9.17, 15) is 23.8 Å². The quantitative estimate of drug-likeness (QED) is 0.461. The largest absolute Gasteiger partial charge is 0.394 e. The average molecular weight is 396 g/mol. The lowest BCUT2D eigenvalue weighted by atomic mass is 9.91. The van der Waals surface area contributed by atoms with Crippen molar-refractivity contribution in [1.82, 2.24) is 15.3 Å². The third-order valence-corrected chi connectivity index (χ3v) is 4.28. The third kappa shape index (κ3) is 4.24. The van der Waals surface area contributed by atoms with Crippen LogP contribution in [0.4, 0.5) is 14.6 Å². The van der Waals surface area contributed by atoms with Gasteiger partial charge in [-0.15, -0.1) is 0 Å². The second-order valence-electron chi connectivity index (χ2n) is 6.46. The van der Waals surface area contributed by atoms with Crippen LogP contribution in [0.1, 0.15) is 28.5 Å². The average Bonchev–Trinajstić information content (AvgIpc) is 2.67. The van der Waals surface area contributed by atoms with Crippen molar-refractivity contribution in [1.29, 1.82) is 0 Å². The molecule has 2 rings (SSSR count). The van der Waals surface area contributed by atoms with Crippen molar-refractivity contribution < 1.29 is 28.9 Å². The minimum Gasteiger partial charge on any atom is -0.394 e. The van der Waals surface area contributed by atoms with E-state index < -0.39 is 30.6 Å². The molecule has 0 aliphatic heterocycles. The number of nitrogens with one attached hydrogen (secondary N) is 1. The highest BCUT2D eigenvalue weighted by atomic mass is 19.3. The summed E-state index contributed by atoms with van der Waals surface area (Å²) in [6.45, 7) is 1.81. The first-order valence-electron chi connectivity index (χ1n) is 8.41. The van der Waals surface area contributed by atoms with E-state index in [1.807, 2.05) is 0 Å². The van der Waals surface area contributed by atoms with E-state index in [-0.39, 0.29) is 29.4 Å². The minimum absolute atomic E-state index is 0.139. The molecule has 2 atom stereocenters. The molecule has 152 valence electrons. The van der Waals surface area contributed by atoms with Gasteiger partial charge in [-0.05, 0) is 31.0 Å². The summed E-state index contributed by atoms with van der Waals surface area (Å²) in [7, 11) is 0. The number of hydrogen-bond acceptors (Lipinski definition) is 7. The van der Waals surface area contributed by atoms with E-state index in [4.69, 9.17) is 10.8 Å². The minimum atomic E-state index is -3.22. The molecule has 1 aromatic heterocycles. The van der Waals surface area contributed by atoms with Gasteiger partial charge in [0.2, 0.25) is 0 Å². The first-order chi connectivity index (χ1) is 13.1. The maximum Gasteiger partial charge on any atom is 0.274 e. The van der Waals surface area contributed by atoms with E-state index >= 15 is 0 Å². The Hall–Kier alpha value is -2.69. The second kappa shape index (κ2) is 8.55. The predicted octanol–water partition coefficient (Wildman–Crippen LogP) is 0.590. The summed E-state index contributed by atoms with van der Waals surface area (Å²) in [6.07, 6.45) is -1.94. The number of nitrogen functional groups attached to an aromatic ring is 1. The lowest BCUT2D eigenvalue weighted by Gasteiger charge is -2.26. The van der Waals surface area contributed by atoms with Crippen LogP contribution in [0.3, 0.4) is 0 Å². The van der Waals surface area contributed by atoms with Gasteiger partial charge < -0.3 is 26.4 Å². The smallest absolute Gasteiger partial charge is 0.274 e. The number of aromatic nitrogens is 2. The highest BCUT2D eigenvalue weighted by Gasteiger charge is 2.39. The fourth-order valence-electron chi connectivity index (χ4n) is 2.49. The number of alkyl halides is 2. The molecule has 1 amide bonds. The zero-order chi connectivity index (χ0) is 21.1. The molecule has 0 spiro atoms. The number of aliphatic hydroxyl groups is 3. The standard InChI is InChI=1S/C18H22F2N4O4/c1-9-3-4-11(18(28,8-26)17(19)20)5-12(9)13-6-22-15(21)14(24-13)16(27)23-10(2)7-25/h3-6,10,17,25-26,28H,7-8H2,1-2H3,(H2,21,22)(H,23,27)/t10?,18-/m1/s1. The van der Waals surface area contributed by atoms with Crippen LogP contribution in [0.15, 0.2) is 24.4 Å². The number of halogens is 2. The summed E-state index contributed by atoms with van der Waals surface area (Å²) in [4.78, 5) is 20.4. The van der Waals surface area contributed by atoms with Crippen LogP contribution in [-0.4, -0.2) is 56.9 Å². The highest BCUT2D eigenvalue weighted by molar-refractivity contribution is 5.97. The van der Waals surface area contributed by atoms with E-state index in [0.29, 0.717) is 11.1 Å². The number of benzene rings is 1. The molecule has 1 unspecified atom stereocenters. The summed E-state index contributed by atoms with van der Waals surface area (Å²) in [5.74, 6) is -0.790. The summed E-state index contributed by atoms with van der Waals surface area (Å²) >= 11 is 0. The van der Waals surface area contributed by atoms with Gasteiger partial charge in [0.15, 0.2) is 17.1 Å².